The molecular formula is C19H24IN5O2S. The van der Waals surface area contributed by atoms with Gasteiger partial charge in [0.25, 0.3) is 11.8 Å². The second kappa shape index (κ2) is 10.5. The Kier molecular flexibility index (Phi) is 8.36. The average Bonchev–Trinajstić information content (AvgIpc) is 3.20. The number of aryl methyl sites for hydroxylation is 1. The lowest BCUT2D eigenvalue weighted by molar-refractivity contribution is 0.0652. The molecule has 2 N–H and O–H groups in total. The fraction of sp³-hybridized carbons (Fsp3) is 0.368. The van der Waals surface area contributed by atoms with Crippen molar-refractivity contribution >= 4 is 53.1 Å². The number of rotatable bonds is 7. The molecule has 1 aliphatic heterocycles. The Hall–Kier alpha value is -2.01. The van der Waals surface area contributed by atoms with Crippen LogP contribution in [0.1, 0.15) is 43.4 Å². The van der Waals surface area contributed by atoms with E-state index in [1.165, 1.54) is 9.78 Å². The SMILES string of the molecule is CN=C(NCCCCN1C(=O)c2ccccc2C1=O)NCc1ncc(C)s1.I. The zero-order valence-corrected chi connectivity index (χ0v) is 19.0. The van der Waals surface area contributed by atoms with Gasteiger partial charge in [-0.1, -0.05) is 12.1 Å². The van der Waals surface area contributed by atoms with E-state index in [9.17, 15) is 9.59 Å². The van der Waals surface area contributed by atoms with Crippen LogP contribution >= 0.6 is 35.3 Å². The van der Waals surface area contributed by atoms with Gasteiger partial charge in [-0.25, -0.2) is 4.98 Å². The average molecular weight is 513 g/mol. The number of unbranched alkanes of at least 4 members (excludes halogenated alkanes) is 1. The van der Waals surface area contributed by atoms with Gasteiger partial charge in [-0.3, -0.25) is 19.5 Å². The van der Waals surface area contributed by atoms with Gasteiger partial charge < -0.3 is 10.6 Å². The summed E-state index contributed by atoms with van der Waals surface area (Å²) in [6.45, 7) is 3.80. The number of nitrogens with zero attached hydrogens (tertiary/aromatic N) is 3. The van der Waals surface area contributed by atoms with Crippen molar-refractivity contribution in [2.45, 2.75) is 26.3 Å². The maximum Gasteiger partial charge on any atom is 0.261 e. The lowest BCUT2D eigenvalue weighted by Crippen LogP contribution is -2.37. The molecule has 1 aliphatic rings. The van der Waals surface area contributed by atoms with Crippen molar-refractivity contribution in [3.05, 3.63) is 51.5 Å². The molecule has 3 rings (SSSR count). The Morgan fingerprint density at radius 2 is 1.82 bits per heavy atom. The molecule has 0 atom stereocenters. The number of carbonyl (C=O) groups excluding carboxylic acids is 2. The second-order valence-electron chi connectivity index (χ2n) is 6.23. The van der Waals surface area contributed by atoms with Gasteiger partial charge in [0.05, 0.1) is 17.7 Å². The van der Waals surface area contributed by atoms with Gasteiger partial charge in [0.2, 0.25) is 0 Å². The van der Waals surface area contributed by atoms with Crippen molar-refractivity contribution in [1.82, 2.24) is 20.5 Å². The molecule has 0 saturated carbocycles. The first-order valence-corrected chi connectivity index (χ1v) is 9.73. The van der Waals surface area contributed by atoms with Gasteiger partial charge in [-0.2, -0.15) is 0 Å². The summed E-state index contributed by atoms with van der Waals surface area (Å²) in [7, 11) is 1.72. The van der Waals surface area contributed by atoms with Crippen molar-refractivity contribution in [2.24, 2.45) is 4.99 Å². The Morgan fingerprint density at radius 3 is 2.39 bits per heavy atom. The molecule has 1 aromatic heterocycles. The molecule has 0 spiro atoms. The summed E-state index contributed by atoms with van der Waals surface area (Å²) in [6.07, 6.45) is 3.42. The predicted molar refractivity (Wildman–Crippen MR) is 122 cm³/mol. The summed E-state index contributed by atoms with van der Waals surface area (Å²) >= 11 is 1.66. The van der Waals surface area contributed by atoms with Crippen molar-refractivity contribution in [1.29, 1.82) is 0 Å². The van der Waals surface area contributed by atoms with E-state index in [-0.39, 0.29) is 35.8 Å². The van der Waals surface area contributed by atoms with Crippen LogP contribution in [0.25, 0.3) is 0 Å². The lowest BCUT2D eigenvalue weighted by Gasteiger charge is -2.14. The van der Waals surface area contributed by atoms with Gasteiger partial charge in [-0.15, -0.1) is 35.3 Å². The van der Waals surface area contributed by atoms with Gasteiger partial charge in [0.15, 0.2) is 5.96 Å². The number of benzene rings is 1. The van der Waals surface area contributed by atoms with Crippen LogP contribution in [-0.4, -0.2) is 47.8 Å². The molecule has 7 nitrogen and oxygen atoms in total. The Labute approximate surface area is 185 Å². The molecule has 0 saturated heterocycles. The maximum atomic E-state index is 12.3. The highest BCUT2D eigenvalue weighted by Gasteiger charge is 2.34. The molecule has 150 valence electrons. The number of hydrogen-bond acceptors (Lipinski definition) is 5. The fourth-order valence-electron chi connectivity index (χ4n) is 2.91. The van der Waals surface area contributed by atoms with E-state index < -0.39 is 0 Å². The number of imide groups is 1. The molecule has 0 unspecified atom stereocenters. The number of thiazole rings is 1. The standard InChI is InChI=1S/C19H23N5O2S.HI/c1-13-11-22-16(27-13)12-23-19(20-2)21-9-5-6-10-24-17(25)14-7-3-4-8-15(14)18(24)26;/h3-4,7-8,11H,5-6,9-10,12H2,1-2H3,(H2,20,21,23);1H. The number of aromatic nitrogens is 1. The maximum absolute atomic E-state index is 12.3. The summed E-state index contributed by atoms with van der Waals surface area (Å²) in [4.78, 5) is 35.6. The highest BCUT2D eigenvalue weighted by atomic mass is 127. The Bertz CT molecular complexity index is 833. The number of nitrogens with one attached hydrogen (secondary N) is 2. The molecule has 1 aromatic carbocycles. The topological polar surface area (TPSA) is 86.7 Å². The van der Waals surface area contributed by atoms with Gasteiger partial charge in [-0.05, 0) is 31.9 Å². The summed E-state index contributed by atoms with van der Waals surface area (Å²) in [6, 6.07) is 6.97. The Morgan fingerprint density at radius 1 is 1.14 bits per heavy atom. The summed E-state index contributed by atoms with van der Waals surface area (Å²) in [5.74, 6) is 0.322. The first-order chi connectivity index (χ1) is 13.1. The zero-order chi connectivity index (χ0) is 19.2. The second-order valence-corrected chi connectivity index (χ2v) is 7.55. The smallest absolute Gasteiger partial charge is 0.261 e. The molecule has 0 radical (unpaired) electrons. The molecule has 0 bridgehead atoms. The van der Waals surface area contributed by atoms with Crippen molar-refractivity contribution in [3.8, 4) is 0 Å². The first-order valence-electron chi connectivity index (χ1n) is 8.91. The van der Waals surface area contributed by atoms with E-state index in [0.717, 1.165) is 17.8 Å². The number of guanidine groups is 1. The van der Waals surface area contributed by atoms with Crippen molar-refractivity contribution < 1.29 is 9.59 Å². The largest absolute Gasteiger partial charge is 0.356 e. The van der Waals surface area contributed by atoms with Crippen LogP contribution in [-0.2, 0) is 6.54 Å². The highest BCUT2D eigenvalue weighted by molar-refractivity contribution is 14.0. The molecule has 0 fully saturated rings. The third-order valence-electron chi connectivity index (χ3n) is 4.28. The van der Waals surface area contributed by atoms with Crippen LogP contribution in [0.4, 0.5) is 0 Å². The first kappa shape index (κ1) is 22.3. The van der Waals surface area contributed by atoms with E-state index in [2.05, 4.69) is 20.6 Å². The van der Waals surface area contributed by atoms with Crippen LogP contribution in [0.15, 0.2) is 35.5 Å². The van der Waals surface area contributed by atoms with Crippen LogP contribution in [0.3, 0.4) is 0 Å². The van der Waals surface area contributed by atoms with Crippen LogP contribution in [0.5, 0.6) is 0 Å². The van der Waals surface area contributed by atoms with Crippen LogP contribution < -0.4 is 10.6 Å². The number of aliphatic imine (C=N–C) groups is 1. The molecule has 2 heterocycles. The number of fused-ring (bicyclic) bond motifs is 1. The molecule has 28 heavy (non-hydrogen) atoms. The number of hydrogen-bond donors (Lipinski definition) is 2. The van der Waals surface area contributed by atoms with Crippen LogP contribution in [0.2, 0.25) is 0 Å². The quantitative estimate of drug-likeness (QED) is 0.196. The van der Waals surface area contributed by atoms with Crippen LogP contribution in [0, 0.1) is 6.92 Å². The monoisotopic (exact) mass is 513 g/mol. The zero-order valence-electron chi connectivity index (χ0n) is 15.9. The summed E-state index contributed by atoms with van der Waals surface area (Å²) in [5, 5.41) is 7.48. The summed E-state index contributed by atoms with van der Waals surface area (Å²) in [5.41, 5.74) is 1.00. The molecular weight excluding hydrogens is 489 g/mol. The van der Waals surface area contributed by atoms with E-state index >= 15 is 0 Å². The van der Waals surface area contributed by atoms with Gasteiger partial charge in [0.1, 0.15) is 5.01 Å². The normalized spacial score (nSPS) is 13.4. The minimum Gasteiger partial charge on any atom is -0.356 e. The van der Waals surface area contributed by atoms with E-state index in [1.807, 2.05) is 13.1 Å². The minimum atomic E-state index is -0.195. The molecule has 9 heteroatoms. The fourth-order valence-corrected chi connectivity index (χ4v) is 3.63. The third-order valence-corrected chi connectivity index (χ3v) is 5.19. The molecule has 2 amide bonds. The van der Waals surface area contributed by atoms with Crippen molar-refractivity contribution in [2.75, 3.05) is 20.1 Å². The third kappa shape index (κ3) is 5.28. The van der Waals surface area contributed by atoms with E-state index in [4.69, 9.17) is 0 Å². The molecule has 2 aromatic rings. The molecule has 0 aliphatic carbocycles. The highest BCUT2D eigenvalue weighted by Crippen LogP contribution is 2.22. The van der Waals surface area contributed by atoms with Gasteiger partial charge >= 0.3 is 0 Å². The van der Waals surface area contributed by atoms with E-state index in [0.29, 0.717) is 36.7 Å². The number of carbonyl (C=O) groups is 2. The van der Waals surface area contributed by atoms with Gasteiger partial charge in [0, 0.05) is 31.2 Å². The minimum absolute atomic E-state index is 0. The predicted octanol–water partition coefficient (Wildman–Crippen LogP) is 2.81. The lowest BCUT2D eigenvalue weighted by atomic mass is 10.1. The summed E-state index contributed by atoms with van der Waals surface area (Å²) < 4.78 is 0. The van der Waals surface area contributed by atoms with E-state index in [1.54, 1.807) is 42.6 Å². The number of amides is 2. The van der Waals surface area contributed by atoms with Crippen molar-refractivity contribution in [3.63, 3.8) is 0 Å². The Balaban J connectivity index is 0.00000280. The number of halogens is 1.